The number of hydrogen-bond acceptors (Lipinski definition) is 5. The zero-order valence-corrected chi connectivity index (χ0v) is 12.2. The molecule has 0 spiro atoms. The van der Waals surface area contributed by atoms with E-state index in [0.717, 1.165) is 27.5 Å². The molecule has 1 aromatic carbocycles. The minimum atomic E-state index is 0.634. The third kappa shape index (κ3) is 2.44. The first-order valence-electron chi connectivity index (χ1n) is 6.48. The summed E-state index contributed by atoms with van der Waals surface area (Å²) < 4.78 is 5.62. The van der Waals surface area contributed by atoms with E-state index in [1.165, 1.54) is 4.88 Å². The number of fused-ring (bicyclic) bond motifs is 1. The first kappa shape index (κ1) is 12.9. The van der Waals surface area contributed by atoms with Crippen LogP contribution in [0.3, 0.4) is 0 Å². The van der Waals surface area contributed by atoms with Crippen molar-refractivity contribution in [3.63, 3.8) is 0 Å². The lowest BCUT2D eigenvalue weighted by Crippen LogP contribution is -1.99. The van der Waals surface area contributed by atoms with Crippen molar-refractivity contribution < 1.29 is 4.74 Å². The molecule has 0 aliphatic rings. The molecular formula is C15H15N3OS. The Labute approximate surface area is 121 Å². The Bertz CT molecular complexity index is 739. The van der Waals surface area contributed by atoms with Crippen LogP contribution < -0.4 is 10.1 Å². The third-order valence-corrected chi connectivity index (χ3v) is 3.85. The highest BCUT2D eigenvalue weighted by atomic mass is 32.1. The summed E-state index contributed by atoms with van der Waals surface area (Å²) in [6, 6.07) is 9.97. The van der Waals surface area contributed by atoms with Crippen LogP contribution in [0, 0.1) is 6.92 Å². The summed E-state index contributed by atoms with van der Waals surface area (Å²) in [6.07, 6.45) is 1.59. The van der Waals surface area contributed by atoms with E-state index in [2.05, 4.69) is 28.3 Å². The average Bonchev–Trinajstić information content (AvgIpc) is 2.83. The van der Waals surface area contributed by atoms with Gasteiger partial charge in [-0.15, -0.1) is 11.3 Å². The minimum absolute atomic E-state index is 0.634. The maximum Gasteiger partial charge on any atom is 0.142 e. The average molecular weight is 285 g/mol. The van der Waals surface area contributed by atoms with Gasteiger partial charge in [0, 0.05) is 4.88 Å². The van der Waals surface area contributed by atoms with Crippen molar-refractivity contribution in [2.24, 2.45) is 0 Å². The molecule has 0 atom stereocenters. The highest BCUT2D eigenvalue weighted by molar-refractivity contribution is 7.18. The molecule has 0 aliphatic carbocycles. The van der Waals surface area contributed by atoms with E-state index in [1.807, 2.05) is 31.2 Å². The molecule has 0 fully saturated rings. The van der Waals surface area contributed by atoms with Gasteiger partial charge in [0.25, 0.3) is 0 Å². The van der Waals surface area contributed by atoms with Crippen LogP contribution in [0.5, 0.6) is 5.75 Å². The lowest BCUT2D eigenvalue weighted by molar-refractivity contribution is 0.342. The maximum absolute atomic E-state index is 5.62. The van der Waals surface area contributed by atoms with Gasteiger partial charge in [-0.05, 0) is 32.0 Å². The number of rotatable bonds is 4. The fourth-order valence-electron chi connectivity index (χ4n) is 2.05. The summed E-state index contributed by atoms with van der Waals surface area (Å²) in [6.45, 7) is 4.68. The molecule has 0 amide bonds. The molecule has 5 heteroatoms. The number of nitrogens with zero attached hydrogens (tertiary/aromatic N) is 2. The van der Waals surface area contributed by atoms with Crippen LogP contribution in [0.4, 0.5) is 11.5 Å². The number of ether oxygens (including phenoxy) is 1. The van der Waals surface area contributed by atoms with Gasteiger partial charge in [0.2, 0.25) is 0 Å². The molecular weight excluding hydrogens is 270 g/mol. The van der Waals surface area contributed by atoms with Gasteiger partial charge in [0.05, 0.1) is 17.7 Å². The molecule has 3 aromatic rings. The van der Waals surface area contributed by atoms with Crippen LogP contribution in [0.1, 0.15) is 11.8 Å². The Balaban J connectivity index is 2.01. The van der Waals surface area contributed by atoms with Crippen molar-refractivity contribution in [3.8, 4) is 5.75 Å². The number of nitrogens with one attached hydrogen (secondary N) is 1. The van der Waals surface area contributed by atoms with Gasteiger partial charge in [-0.25, -0.2) is 9.97 Å². The molecule has 2 heterocycles. The topological polar surface area (TPSA) is 47.0 Å². The van der Waals surface area contributed by atoms with Gasteiger partial charge in [-0.3, -0.25) is 0 Å². The first-order valence-corrected chi connectivity index (χ1v) is 7.29. The molecule has 3 rings (SSSR count). The molecule has 102 valence electrons. The maximum atomic E-state index is 5.62. The lowest BCUT2D eigenvalue weighted by atomic mass is 10.2. The van der Waals surface area contributed by atoms with Crippen LogP contribution in [0.15, 0.2) is 36.7 Å². The quantitative estimate of drug-likeness (QED) is 0.782. The van der Waals surface area contributed by atoms with Gasteiger partial charge in [0.15, 0.2) is 0 Å². The van der Waals surface area contributed by atoms with Crippen molar-refractivity contribution >= 4 is 33.1 Å². The summed E-state index contributed by atoms with van der Waals surface area (Å²) in [7, 11) is 0. The molecule has 4 nitrogen and oxygen atoms in total. The zero-order chi connectivity index (χ0) is 13.9. The summed E-state index contributed by atoms with van der Waals surface area (Å²) >= 11 is 1.67. The van der Waals surface area contributed by atoms with Crippen molar-refractivity contribution in [2.45, 2.75) is 13.8 Å². The number of anilines is 2. The van der Waals surface area contributed by atoms with Gasteiger partial charge in [-0.2, -0.15) is 0 Å². The van der Waals surface area contributed by atoms with E-state index >= 15 is 0 Å². The van der Waals surface area contributed by atoms with Gasteiger partial charge < -0.3 is 10.1 Å². The van der Waals surface area contributed by atoms with Crippen LogP contribution in [-0.2, 0) is 0 Å². The molecule has 2 aromatic heterocycles. The van der Waals surface area contributed by atoms with Crippen molar-refractivity contribution in [3.05, 3.63) is 41.5 Å². The smallest absolute Gasteiger partial charge is 0.142 e. The lowest BCUT2D eigenvalue weighted by Gasteiger charge is -2.11. The van der Waals surface area contributed by atoms with Crippen molar-refractivity contribution in [2.75, 3.05) is 11.9 Å². The summed E-state index contributed by atoms with van der Waals surface area (Å²) in [5.74, 6) is 1.64. The molecule has 0 bridgehead atoms. The van der Waals surface area contributed by atoms with E-state index in [0.29, 0.717) is 6.61 Å². The van der Waals surface area contributed by atoms with Crippen molar-refractivity contribution in [1.82, 2.24) is 9.97 Å². The zero-order valence-electron chi connectivity index (χ0n) is 11.4. The summed E-state index contributed by atoms with van der Waals surface area (Å²) in [4.78, 5) is 10.9. The van der Waals surface area contributed by atoms with Crippen LogP contribution in [0.2, 0.25) is 0 Å². The van der Waals surface area contributed by atoms with E-state index in [1.54, 1.807) is 17.7 Å². The fraction of sp³-hybridized carbons (Fsp3) is 0.200. The number of benzene rings is 1. The normalized spacial score (nSPS) is 10.7. The molecule has 0 saturated heterocycles. The van der Waals surface area contributed by atoms with Crippen LogP contribution in [-0.4, -0.2) is 16.6 Å². The second kappa shape index (κ2) is 5.46. The Kier molecular flexibility index (Phi) is 3.52. The number of aryl methyl sites for hydroxylation is 1. The molecule has 0 radical (unpaired) electrons. The molecule has 1 N–H and O–H groups in total. The number of hydrogen-bond donors (Lipinski definition) is 1. The van der Waals surface area contributed by atoms with E-state index < -0.39 is 0 Å². The largest absolute Gasteiger partial charge is 0.492 e. The third-order valence-electron chi connectivity index (χ3n) is 2.89. The van der Waals surface area contributed by atoms with Gasteiger partial charge in [-0.1, -0.05) is 12.1 Å². The second-order valence-electron chi connectivity index (χ2n) is 4.35. The van der Waals surface area contributed by atoms with E-state index in [9.17, 15) is 0 Å². The van der Waals surface area contributed by atoms with Crippen LogP contribution >= 0.6 is 11.3 Å². The number of aromatic nitrogens is 2. The Morgan fingerprint density at radius 2 is 2.10 bits per heavy atom. The standard InChI is InChI=1S/C15H15N3OS/c1-3-19-13-7-5-4-6-12(13)18-14-11-8-10(2)20-15(11)17-9-16-14/h4-9H,3H2,1-2H3,(H,16,17,18). The summed E-state index contributed by atoms with van der Waals surface area (Å²) in [5, 5.41) is 4.39. The van der Waals surface area contributed by atoms with Crippen LogP contribution in [0.25, 0.3) is 10.2 Å². The molecule has 0 aliphatic heterocycles. The highest BCUT2D eigenvalue weighted by Crippen LogP contribution is 2.32. The molecule has 0 unspecified atom stereocenters. The monoisotopic (exact) mass is 285 g/mol. The van der Waals surface area contributed by atoms with Crippen molar-refractivity contribution in [1.29, 1.82) is 0 Å². The first-order chi connectivity index (χ1) is 9.78. The minimum Gasteiger partial charge on any atom is -0.492 e. The predicted molar refractivity (Wildman–Crippen MR) is 83.0 cm³/mol. The molecule has 0 saturated carbocycles. The fourth-order valence-corrected chi connectivity index (χ4v) is 2.90. The Morgan fingerprint density at radius 1 is 1.25 bits per heavy atom. The molecule has 20 heavy (non-hydrogen) atoms. The SMILES string of the molecule is CCOc1ccccc1Nc1ncnc2sc(C)cc12. The number of para-hydroxylation sites is 2. The van der Waals surface area contributed by atoms with Gasteiger partial charge >= 0.3 is 0 Å². The van der Waals surface area contributed by atoms with E-state index in [4.69, 9.17) is 4.74 Å². The number of thiophene rings is 1. The van der Waals surface area contributed by atoms with E-state index in [-0.39, 0.29) is 0 Å². The van der Waals surface area contributed by atoms with Gasteiger partial charge in [0.1, 0.15) is 22.7 Å². The Morgan fingerprint density at radius 3 is 2.95 bits per heavy atom. The second-order valence-corrected chi connectivity index (χ2v) is 5.59. The highest BCUT2D eigenvalue weighted by Gasteiger charge is 2.09. The Hall–Kier alpha value is -2.14. The predicted octanol–water partition coefficient (Wildman–Crippen LogP) is 4.14. The summed E-state index contributed by atoms with van der Waals surface area (Å²) in [5.41, 5.74) is 0.915.